The molecule has 3 aromatic rings. The highest BCUT2D eigenvalue weighted by Crippen LogP contribution is 2.37. The Labute approximate surface area is 176 Å². The molecule has 0 saturated carbocycles. The SMILES string of the molecule is Cc1ccc(NC(=O)c2ccc3c(c2)Cc2ccccc2-3)c(OCC2CCCO2)c1. The first-order chi connectivity index (χ1) is 14.7. The summed E-state index contributed by atoms with van der Waals surface area (Å²) < 4.78 is 11.7. The van der Waals surface area contributed by atoms with Crippen LogP contribution in [0, 0.1) is 6.92 Å². The molecule has 0 bridgehead atoms. The van der Waals surface area contributed by atoms with E-state index in [-0.39, 0.29) is 12.0 Å². The number of hydrogen-bond donors (Lipinski definition) is 1. The molecule has 1 heterocycles. The zero-order valence-electron chi connectivity index (χ0n) is 17.1. The first-order valence-electron chi connectivity index (χ1n) is 10.5. The van der Waals surface area contributed by atoms with Crippen molar-refractivity contribution in [3.05, 3.63) is 82.9 Å². The van der Waals surface area contributed by atoms with Crippen LogP contribution in [-0.4, -0.2) is 25.2 Å². The summed E-state index contributed by atoms with van der Waals surface area (Å²) in [6.07, 6.45) is 3.10. The highest BCUT2D eigenvalue weighted by atomic mass is 16.5. The zero-order chi connectivity index (χ0) is 20.5. The largest absolute Gasteiger partial charge is 0.489 e. The third kappa shape index (κ3) is 3.71. The fourth-order valence-corrected chi connectivity index (χ4v) is 4.29. The van der Waals surface area contributed by atoms with Gasteiger partial charge >= 0.3 is 0 Å². The van der Waals surface area contributed by atoms with Crippen LogP contribution >= 0.6 is 0 Å². The van der Waals surface area contributed by atoms with Gasteiger partial charge in [0.2, 0.25) is 0 Å². The van der Waals surface area contributed by atoms with Crippen LogP contribution in [0.15, 0.2) is 60.7 Å². The first-order valence-corrected chi connectivity index (χ1v) is 10.5. The van der Waals surface area contributed by atoms with Crippen LogP contribution in [0.1, 0.15) is 39.9 Å². The number of nitrogens with one attached hydrogen (secondary N) is 1. The van der Waals surface area contributed by atoms with E-state index in [0.717, 1.165) is 31.4 Å². The van der Waals surface area contributed by atoms with E-state index in [4.69, 9.17) is 9.47 Å². The minimum Gasteiger partial charge on any atom is -0.489 e. The first kappa shape index (κ1) is 18.9. The number of benzene rings is 3. The van der Waals surface area contributed by atoms with E-state index in [0.29, 0.717) is 23.6 Å². The van der Waals surface area contributed by atoms with Gasteiger partial charge in [-0.25, -0.2) is 0 Å². The van der Waals surface area contributed by atoms with Crippen molar-refractivity contribution in [3.63, 3.8) is 0 Å². The van der Waals surface area contributed by atoms with Crippen LogP contribution in [0.25, 0.3) is 11.1 Å². The predicted octanol–water partition coefficient (Wildman–Crippen LogP) is 5.38. The maximum atomic E-state index is 13.0. The lowest BCUT2D eigenvalue weighted by atomic mass is 10.0. The van der Waals surface area contributed by atoms with Gasteiger partial charge in [-0.15, -0.1) is 0 Å². The van der Waals surface area contributed by atoms with Gasteiger partial charge in [-0.3, -0.25) is 4.79 Å². The fraction of sp³-hybridized carbons (Fsp3) is 0.269. The zero-order valence-corrected chi connectivity index (χ0v) is 17.1. The third-order valence-corrected chi connectivity index (χ3v) is 5.89. The number of carbonyl (C=O) groups excluding carboxylic acids is 1. The minimum atomic E-state index is -0.125. The molecular weight excluding hydrogens is 374 g/mol. The summed E-state index contributed by atoms with van der Waals surface area (Å²) in [5.41, 5.74) is 7.43. The Morgan fingerprint density at radius 3 is 2.80 bits per heavy atom. The summed E-state index contributed by atoms with van der Waals surface area (Å²) in [6.45, 7) is 3.32. The molecule has 4 nitrogen and oxygen atoms in total. The van der Waals surface area contributed by atoms with Gasteiger partial charge in [-0.1, -0.05) is 36.4 Å². The van der Waals surface area contributed by atoms with Crippen LogP contribution in [-0.2, 0) is 11.2 Å². The summed E-state index contributed by atoms with van der Waals surface area (Å²) in [6, 6.07) is 20.2. The molecule has 1 atom stereocenters. The van der Waals surface area contributed by atoms with E-state index in [1.165, 1.54) is 22.3 Å². The number of ether oxygens (including phenoxy) is 2. The predicted molar refractivity (Wildman–Crippen MR) is 118 cm³/mol. The average molecular weight is 399 g/mol. The van der Waals surface area contributed by atoms with E-state index < -0.39 is 0 Å². The van der Waals surface area contributed by atoms with Crippen molar-refractivity contribution in [1.82, 2.24) is 0 Å². The molecule has 5 rings (SSSR count). The summed E-state index contributed by atoms with van der Waals surface area (Å²) in [7, 11) is 0. The molecule has 1 aliphatic carbocycles. The third-order valence-electron chi connectivity index (χ3n) is 5.89. The van der Waals surface area contributed by atoms with Crippen LogP contribution in [0.5, 0.6) is 5.75 Å². The van der Waals surface area contributed by atoms with Crippen LogP contribution in [0.3, 0.4) is 0 Å². The molecule has 0 radical (unpaired) electrons. The Bertz CT molecular complexity index is 1100. The molecule has 3 aromatic carbocycles. The Balaban J connectivity index is 1.34. The fourth-order valence-electron chi connectivity index (χ4n) is 4.29. The second kappa shape index (κ2) is 7.96. The Kier molecular flexibility index (Phi) is 5.01. The number of carbonyl (C=O) groups is 1. The van der Waals surface area contributed by atoms with Gasteiger partial charge in [0.05, 0.1) is 11.8 Å². The number of fused-ring (bicyclic) bond motifs is 3. The van der Waals surface area contributed by atoms with E-state index in [1.54, 1.807) is 0 Å². The van der Waals surface area contributed by atoms with Crippen LogP contribution < -0.4 is 10.1 Å². The Morgan fingerprint density at radius 1 is 1.07 bits per heavy atom. The molecule has 1 N–H and O–H groups in total. The van der Waals surface area contributed by atoms with Gasteiger partial charge in [-0.2, -0.15) is 0 Å². The smallest absolute Gasteiger partial charge is 0.255 e. The average Bonchev–Trinajstić information content (AvgIpc) is 3.40. The van der Waals surface area contributed by atoms with Gasteiger partial charge in [0.1, 0.15) is 12.4 Å². The molecule has 1 amide bonds. The summed E-state index contributed by atoms with van der Waals surface area (Å²) in [4.78, 5) is 13.0. The molecule has 30 heavy (non-hydrogen) atoms. The van der Waals surface area contributed by atoms with E-state index >= 15 is 0 Å². The van der Waals surface area contributed by atoms with Crippen molar-refractivity contribution in [2.24, 2.45) is 0 Å². The van der Waals surface area contributed by atoms with Crippen molar-refractivity contribution in [2.45, 2.75) is 32.3 Å². The molecule has 2 aliphatic rings. The molecule has 0 spiro atoms. The molecule has 4 heteroatoms. The van der Waals surface area contributed by atoms with Gasteiger partial charge in [0.15, 0.2) is 0 Å². The quantitative estimate of drug-likeness (QED) is 0.490. The summed E-state index contributed by atoms with van der Waals surface area (Å²) in [5.74, 6) is 0.562. The number of rotatable bonds is 5. The molecular formula is C26H25NO3. The van der Waals surface area contributed by atoms with E-state index in [1.807, 2.05) is 37.3 Å². The maximum absolute atomic E-state index is 13.0. The second-order valence-electron chi connectivity index (χ2n) is 8.11. The van der Waals surface area contributed by atoms with E-state index in [9.17, 15) is 4.79 Å². The lowest BCUT2D eigenvalue weighted by Gasteiger charge is -2.16. The molecule has 152 valence electrons. The molecule has 1 unspecified atom stereocenters. The highest BCUT2D eigenvalue weighted by molar-refractivity contribution is 6.05. The molecule has 0 aromatic heterocycles. The van der Waals surface area contributed by atoms with Crippen molar-refractivity contribution >= 4 is 11.6 Å². The van der Waals surface area contributed by atoms with Crippen LogP contribution in [0.2, 0.25) is 0 Å². The van der Waals surface area contributed by atoms with Gasteiger partial charge in [0.25, 0.3) is 5.91 Å². The normalized spacial score (nSPS) is 16.8. The molecule has 1 fully saturated rings. The van der Waals surface area contributed by atoms with Gasteiger partial charge in [-0.05, 0) is 78.3 Å². The topological polar surface area (TPSA) is 47.6 Å². The monoisotopic (exact) mass is 399 g/mol. The summed E-state index contributed by atoms with van der Waals surface area (Å²) >= 11 is 0. The highest BCUT2D eigenvalue weighted by Gasteiger charge is 2.21. The van der Waals surface area contributed by atoms with Crippen molar-refractivity contribution in [3.8, 4) is 16.9 Å². The molecule has 1 saturated heterocycles. The van der Waals surface area contributed by atoms with Gasteiger partial charge in [0, 0.05) is 12.2 Å². The number of amides is 1. The van der Waals surface area contributed by atoms with Crippen molar-refractivity contribution < 1.29 is 14.3 Å². The van der Waals surface area contributed by atoms with Crippen molar-refractivity contribution in [2.75, 3.05) is 18.5 Å². The van der Waals surface area contributed by atoms with Crippen LogP contribution in [0.4, 0.5) is 5.69 Å². The minimum absolute atomic E-state index is 0.125. The lowest BCUT2D eigenvalue weighted by molar-refractivity contribution is 0.0681. The van der Waals surface area contributed by atoms with Crippen molar-refractivity contribution in [1.29, 1.82) is 0 Å². The number of aryl methyl sites for hydroxylation is 1. The number of hydrogen-bond acceptors (Lipinski definition) is 3. The Hall–Kier alpha value is -3.11. The molecule has 1 aliphatic heterocycles. The number of anilines is 1. The second-order valence-corrected chi connectivity index (χ2v) is 8.11. The Morgan fingerprint density at radius 2 is 1.93 bits per heavy atom. The van der Waals surface area contributed by atoms with E-state index in [2.05, 4.69) is 35.6 Å². The van der Waals surface area contributed by atoms with Gasteiger partial charge < -0.3 is 14.8 Å². The summed E-state index contributed by atoms with van der Waals surface area (Å²) in [5, 5.41) is 3.04. The lowest BCUT2D eigenvalue weighted by Crippen LogP contribution is -2.18. The standard InChI is InChI=1S/C26H25NO3/c1-17-8-11-24(25(13-17)30-16-21-6-4-12-29-21)27-26(28)19-9-10-23-20(15-19)14-18-5-2-3-7-22(18)23/h2-3,5,7-11,13,15,21H,4,6,12,14,16H2,1H3,(H,27,28). The maximum Gasteiger partial charge on any atom is 0.255 e.